The minimum Gasteiger partial charge on any atom is -0.478 e. The van der Waals surface area contributed by atoms with Crippen molar-refractivity contribution in [2.45, 2.75) is 9.79 Å². The van der Waals surface area contributed by atoms with Crippen LogP contribution in [0.25, 0.3) is 0 Å². The maximum Gasteiger partial charge on any atom is 0.337 e. The molecule has 0 atom stereocenters. The van der Waals surface area contributed by atoms with Crippen molar-refractivity contribution in [3.8, 4) is 0 Å². The number of rotatable bonds is 4. The lowest BCUT2D eigenvalue weighted by Gasteiger charge is -2.06. The summed E-state index contributed by atoms with van der Waals surface area (Å²) < 4.78 is 4.62. The number of nitrogen functional groups attached to an aromatic ring is 1. The molecule has 0 aliphatic carbocycles. The van der Waals surface area contributed by atoms with E-state index >= 15 is 0 Å². The van der Waals surface area contributed by atoms with Crippen LogP contribution in [0.1, 0.15) is 20.7 Å². The van der Waals surface area contributed by atoms with Crippen LogP contribution in [0.2, 0.25) is 0 Å². The number of methoxy groups -OCH3 is 1. The highest BCUT2D eigenvalue weighted by molar-refractivity contribution is 7.99. The summed E-state index contributed by atoms with van der Waals surface area (Å²) in [5.41, 5.74) is 6.38. The van der Waals surface area contributed by atoms with Gasteiger partial charge >= 0.3 is 11.9 Å². The smallest absolute Gasteiger partial charge is 0.337 e. The Morgan fingerprint density at radius 1 is 1.10 bits per heavy atom. The normalized spacial score (nSPS) is 10.1. The van der Waals surface area contributed by atoms with Crippen LogP contribution in [0.4, 0.5) is 5.69 Å². The third kappa shape index (κ3) is 3.55. The number of carbonyl (C=O) groups is 2. The molecule has 0 spiro atoms. The van der Waals surface area contributed by atoms with Crippen LogP contribution in [0.5, 0.6) is 0 Å². The molecular formula is C15H13NO4S. The lowest BCUT2D eigenvalue weighted by atomic mass is 10.2. The van der Waals surface area contributed by atoms with Gasteiger partial charge in [-0.1, -0.05) is 11.8 Å². The predicted molar refractivity (Wildman–Crippen MR) is 79.7 cm³/mol. The molecule has 5 nitrogen and oxygen atoms in total. The summed E-state index contributed by atoms with van der Waals surface area (Å²) in [5, 5.41) is 9.04. The number of anilines is 1. The summed E-state index contributed by atoms with van der Waals surface area (Å²) in [7, 11) is 1.33. The Morgan fingerprint density at radius 2 is 1.71 bits per heavy atom. The van der Waals surface area contributed by atoms with E-state index in [-0.39, 0.29) is 11.3 Å². The van der Waals surface area contributed by atoms with E-state index in [1.54, 1.807) is 36.4 Å². The van der Waals surface area contributed by atoms with Gasteiger partial charge in [0, 0.05) is 15.5 Å². The Kier molecular flexibility index (Phi) is 4.49. The van der Waals surface area contributed by atoms with Crippen molar-refractivity contribution in [1.29, 1.82) is 0 Å². The summed E-state index contributed by atoms with van der Waals surface area (Å²) in [4.78, 5) is 24.0. The van der Waals surface area contributed by atoms with Gasteiger partial charge in [0.2, 0.25) is 0 Å². The molecule has 2 aromatic carbocycles. The van der Waals surface area contributed by atoms with Gasteiger partial charge in [-0.2, -0.15) is 0 Å². The van der Waals surface area contributed by atoms with Crippen molar-refractivity contribution in [1.82, 2.24) is 0 Å². The van der Waals surface area contributed by atoms with Gasteiger partial charge in [0.05, 0.1) is 18.2 Å². The molecule has 108 valence electrons. The van der Waals surface area contributed by atoms with Gasteiger partial charge in [0.15, 0.2) is 0 Å². The number of hydrogen-bond donors (Lipinski definition) is 2. The van der Waals surface area contributed by atoms with Crippen molar-refractivity contribution in [3.63, 3.8) is 0 Å². The topological polar surface area (TPSA) is 89.6 Å². The number of nitrogens with two attached hydrogens (primary N) is 1. The van der Waals surface area contributed by atoms with Crippen LogP contribution in [0.15, 0.2) is 52.3 Å². The van der Waals surface area contributed by atoms with Gasteiger partial charge in [-0.05, 0) is 42.5 Å². The van der Waals surface area contributed by atoms with Gasteiger partial charge in [0.25, 0.3) is 0 Å². The van der Waals surface area contributed by atoms with Gasteiger partial charge in [-0.25, -0.2) is 9.59 Å². The summed E-state index contributed by atoms with van der Waals surface area (Å²) in [6.07, 6.45) is 0. The van der Waals surface area contributed by atoms with E-state index in [2.05, 4.69) is 4.74 Å². The van der Waals surface area contributed by atoms with Gasteiger partial charge in [0.1, 0.15) is 0 Å². The highest BCUT2D eigenvalue weighted by Crippen LogP contribution is 2.30. The van der Waals surface area contributed by atoms with Crippen LogP contribution in [0.3, 0.4) is 0 Å². The number of esters is 1. The lowest BCUT2D eigenvalue weighted by Crippen LogP contribution is -2.02. The predicted octanol–water partition coefficient (Wildman–Crippen LogP) is 2.90. The fourth-order valence-corrected chi connectivity index (χ4v) is 2.55. The minimum atomic E-state index is -1.06. The monoisotopic (exact) mass is 303 g/mol. The molecule has 0 fully saturated rings. The second-order valence-electron chi connectivity index (χ2n) is 4.17. The van der Waals surface area contributed by atoms with E-state index in [0.717, 1.165) is 9.79 Å². The molecule has 2 aromatic rings. The number of hydrogen-bond acceptors (Lipinski definition) is 5. The van der Waals surface area contributed by atoms with Crippen molar-refractivity contribution >= 4 is 29.4 Å². The van der Waals surface area contributed by atoms with Gasteiger partial charge < -0.3 is 15.6 Å². The molecule has 2 rings (SSSR count). The van der Waals surface area contributed by atoms with E-state index in [1.807, 2.05) is 0 Å². The molecule has 0 amide bonds. The van der Waals surface area contributed by atoms with E-state index in [1.165, 1.54) is 24.9 Å². The van der Waals surface area contributed by atoms with Crippen molar-refractivity contribution in [2.24, 2.45) is 0 Å². The van der Waals surface area contributed by atoms with E-state index in [0.29, 0.717) is 5.56 Å². The molecule has 0 radical (unpaired) electrons. The first kappa shape index (κ1) is 14.9. The van der Waals surface area contributed by atoms with Crippen LogP contribution < -0.4 is 5.73 Å². The van der Waals surface area contributed by atoms with E-state index in [4.69, 9.17) is 10.8 Å². The highest BCUT2D eigenvalue weighted by atomic mass is 32.2. The molecule has 0 bridgehead atoms. The standard InChI is InChI=1S/C15H13NO4S/c1-20-15(19)9-2-4-10(5-3-9)21-11-6-7-13(16)12(8-11)14(17)18/h2-8H,16H2,1H3,(H,17,18). The minimum absolute atomic E-state index is 0.0752. The van der Waals surface area contributed by atoms with E-state index in [9.17, 15) is 9.59 Å². The molecular weight excluding hydrogens is 290 g/mol. The Hall–Kier alpha value is -2.47. The number of carbonyl (C=O) groups excluding carboxylic acids is 1. The molecule has 0 saturated carbocycles. The maximum absolute atomic E-state index is 11.3. The Labute approximate surface area is 125 Å². The number of carboxylic acids is 1. The summed E-state index contributed by atoms with van der Waals surface area (Å²) in [5.74, 6) is -1.46. The third-order valence-electron chi connectivity index (χ3n) is 2.77. The molecule has 21 heavy (non-hydrogen) atoms. The number of benzene rings is 2. The zero-order valence-electron chi connectivity index (χ0n) is 11.2. The van der Waals surface area contributed by atoms with Crippen LogP contribution >= 0.6 is 11.8 Å². The van der Waals surface area contributed by atoms with Crippen molar-refractivity contribution in [3.05, 3.63) is 53.6 Å². The molecule has 3 N–H and O–H groups in total. The molecule has 0 saturated heterocycles. The summed E-state index contributed by atoms with van der Waals surface area (Å²) in [6, 6.07) is 11.7. The summed E-state index contributed by atoms with van der Waals surface area (Å²) in [6.45, 7) is 0. The van der Waals surface area contributed by atoms with Crippen molar-refractivity contribution < 1.29 is 19.4 Å². The average Bonchev–Trinajstić information content (AvgIpc) is 2.49. The molecule has 0 heterocycles. The summed E-state index contributed by atoms with van der Waals surface area (Å²) >= 11 is 1.38. The second-order valence-corrected chi connectivity index (χ2v) is 5.32. The van der Waals surface area contributed by atoms with Gasteiger partial charge in [-0.3, -0.25) is 0 Å². The second kappa shape index (κ2) is 6.32. The first-order valence-electron chi connectivity index (χ1n) is 6.00. The number of carboxylic acid groups (broad SMARTS) is 1. The average molecular weight is 303 g/mol. The molecule has 0 aliphatic rings. The molecule has 0 aliphatic heterocycles. The first-order chi connectivity index (χ1) is 10.0. The van der Waals surface area contributed by atoms with Crippen LogP contribution in [-0.2, 0) is 4.74 Å². The number of ether oxygens (including phenoxy) is 1. The highest BCUT2D eigenvalue weighted by Gasteiger charge is 2.10. The SMILES string of the molecule is COC(=O)c1ccc(Sc2ccc(N)c(C(=O)O)c2)cc1. The molecule has 0 unspecified atom stereocenters. The molecule has 6 heteroatoms. The lowest BCUT2D eigenvalue weighted by molar-refractivity contribution is 0.0599. The zero-order valence-corrected chi connectivity index (χ0v) is 12.0. The molecule has 0 aromatic heterocycles. The van der Waals surface area contributed by atoms with E-state index < -0.39 is 11.9 Å². The fourth-order valence-electron chi connectivity index (χ4n) is 1.70. The van der Waals surface area contributed by atoms with Gasteiger partial charge in [-0.15, -0.1) is 0 Å². The number of aromatic carboxylic acids is 1. The fraction of sp³-hybridized carbons (Fsp3) is 0.0667. The Bertz CT molecular complexity index is 683. The van der Waals surface area contributed by atoms with Crippen molar-refractivity contribution in [2.75, 3.05) is 12.8 Å². The maximum atomic E-state index is 11.3. The van der Waals surface area contributed by atoms with Crippen LogP contribution in [0, 0.1) is 0 Å². The Balaban J connectivity index is 2.20. The van der Waals surface area contributed by atoms with Crippen LogP contribution in [-0.4, -0.2) is 24.2 Å². The third-order valence-corrected chi connectivity index (χ3v) is 3.76. The zero-order chi connectivity index (χ0) is 15.4. The Morgan fingerprint density at radius 3 is 2.29 bits per heavy atom. The first-order valence-corrected chi connectivity index (χ1v) is 6.82. The largest absolute Gasteiger partial charge is 0.478 e. The quantitative estimate of drug-likeness (QED) is 0.667.